The SMILES string of the molecule is O=C(O)N[C@@H](C[C@H]1COC2(CCCCC2)O1)[C@H](O)c1cc(F)ccc1F. The van der Waals surface area contributed by atoms with Gasteiger partial charge in [-0.05, 0) is 37.5 Å². The molecule has 1 amide bonds. The summed E-state index contributed by atoms with van der Waals surface area (Å²) in [6.07, 6.45) is 1.43. The van der Waals surface area contributed by atoms with Gasteiger partial charge in [0.15, 0.2) is 5.79 Å². The van der Waals surface area contributed by atoms with Crippen molar-refractivity contribution < 1.29 is 33.3 Å². The second kappa shape index (κ2) is 7.85. The van der Waals surface area contributed by atoms with E-state index in [0.29, 0.717) is 0 Å². The number of ether oxygens (including phenoxy) is 2. The summed E-state index contributed by atoms with van der Waals surface area (Å²) in [6.45, 7) is 0.274. The number of carbonyl (C=O) groups is 1. The number of aliphatic hydroxyl groups is 1. The maximum Gasteiger partial charge on any atom is 0.404 e. The first-order valence-corrected chi connectivity index (χ1v) is 8.83. The van der Waals surface area contributed by atoms with Crippen LogP contribution in [-0.4, -0.2) is 40.8 Å². The van der Waals surface area contributed by atoms with E-state index in [-0.39, 0.29) is 18.6 Å². The summed E-state index contributed by atoms with van der Waals surface area (Å²) in [5, 5.41) is 21.7. The summed E-state index contributed by atoms with van der Waals surface area (Å²) in [5.41, 5.74) is -0.296. The number of rotatable bonds is 5. The van der Waals surface area contributed by atoms with E-state index in [1.807, 2.05) is 0 Å². The van der Waals surface area contributed by atoms with Crippen molar-refractivity contribution in [3.05, 3.63) is 35.4 Å². The third-order valence-electron chi connectivity index (χ3n) is 5.01. The predicted octanol–water partition coefficient (Wildman–Crippen LogP) is 3.10. The molecule has 1 aliphatic heterocycles. The lowest BCUT2D eigenvalue weighted by Gasteiger charge is -2.32. The molecule has 0 unspecified atom stereocenters. The molecule has 1 aliphatic carbocycles. The quantitative estimate of drug-likeness (QED) is 0.740. The third kappa shape index (κ3) is 4.31. The largest absolute Gasteiger partial charge is 0.465 e. The molecular weight excluding hydrogens is 348 g/mol. The van der Waals surface area contributed by atoms with Crippen LogP contribution in [0.2, 0.25) is 0 Å². The van der Waals surface area contributed by atoms with E-state index in [2.05, 4.69) is 5.32 Å². The first-order valence-electron chi connectivity index (χ1n) is 8.83. The molecule has 2 aliphatic rings. The van der Waals surface area contributed by atoms with Gasteiger partial charge in [0.25, 0.3) is 0 Å². The Balaban J connectivity index is 1.72. The van der Waals surface area contributed by atoms with Gasteiger partial charge in [0.1, 0.15) is 17.7 Å². The van der Waals surface area contributed by atoms with Crippen LogP contribution in [0.1, 0.15) is 50.2 Å². The second-order valence-corrected chi connectivity index (χ2v) is 6.92. The smallest absolute Gasteiger partial charge is 0.404 e. The molecule has 3 N–H and O–H groups in total. The van der Waals surface area contributed by atoms with Gasteiger partial charge in [-0.25, -0.2) is 13.6 Å². The van der Waals surface area contributed by atoms with Gasteiger partial charge in [-0.1, -0.05) is 6.42 Å². The first-order chi connectivity index (χ1) is 12.4. The molecule has 6 nitrogen and oxygen atoms in total. The molecule has 3 atom stereocenters. The molecule has 144 valence electrons. The Labute approximate surface area is 150 Å². The zero-order valence-corrected chi connectivity index (χ0v) is 14.3. The summed E-state index contributed by atoms with van der Waals surface area (Å²) in [6, 6.07) is 1.64. The molecule has 0 radical (unpaired) electrons. The molecule has 1 heterocycles. The van der Waals surface area contributed by atoms with Gasteiger partial charge >= 0.3 is 6.09 Å². The fourth-order valence-corrected chi connectivity index (χ4v) is 3.75. The first kappa shape index (κ1) is 19.0. The van der Waals surface area contributed by atoms with Crippen molar-refractivity contribution in [1.82, 2.24) is 5.32 Å². The molecule has 0 aromatic heterocycles. The van der Waals surface area contributed by atoms with Crippen LogP contribution in [0.5, 0.6) is 0 Å². The molecule has 3 rings (SSSR count). The Morgan fingerprint density at radius 3 is 2.73 bits per heavy atom. The molecule has 8 heteroatoms. The molecule has 1 aromatic rings. The maximum atomic E-state index is 14.0. The van der Waals surface area contributed by atoms with E-state index >= 15 is 0 Å². The summed E-state index contributed by atoms with van der Waals surface area (Å²) in [5.74, 6) is -2.15. The third-order valence-corrected chi connectivity index (χ3v) is 5.01. The Morgan fingerprint density at radius 2 is 2.04 bits per heavy atom. The number of hydrogen-bond donors (Lipinski definition) is 3. The Hall–Kier alpha value is -1.77. The molecule has 0 bridgehead atoms. The highest BCUT2D eigenvalue weighted by atomic mass is 19.1. The van der Waals surface area contributed by atoms with E-state index in [1.165, 1.54) is 0 Å². The molecule has 1 spiro atoms. The maximum absolute atomic E-state index is 14.0. The van der Waals surface area contributed by atoms with Crippen LogP contribution in [0.4, 0.5) is 13.6 Å². The highest BCUT2D eigenvalue weighted by Gasteiger charge is 2.43. The number of amides is 1. The van der Waals surface area contributed by atoms with Crippen LogP contribution >= 0.6 is 0 Å². The lowest BCUT2D eigenvalue weighted by Crippen LogP contribution is -2.42. The van der Waals surface area contributed by atoms with Crippen molar-refractivity contribution in [2.45, 2.75) is 62.6 Å². The number of carboxylic acid groups (broad SMARTS) is 1. The highest BCUT2D eigenvalue weighted by Crippen LogP contribution is 2.39. The minimum atomic E-state index is -1.55. The number of nitrogens with one attached hydrogen (secondary N) is 1. The normalized spacial score (nSPS) is 24.3. The van der Waals surface area contributed by atoms with Crippen molar-refractivity contribution in [2.24, 2.45) is 0 Å². The van der Waals surface area contributed by atoms with Crippen LogP contribution in [0.15, 0.2) is 18.2 Å². The lowest BCUT2D eigenvalue weighted by atomic mass is 9.94. The van der Waals surface area contributed by atoms with Crippen LogP contribution in [-0.2, 0) is 9.47 Å². The topological polar surface area (TPSA) is 88.0 Å². The second-order valence-electron chi connectivity index (χ2n) is 6.92. The fourth-order valence-electron chi connectivity index (χ4n) is 3.75. The van der Waals surface area contributed by atoms with E-state index < -0.39 is 41.8 Å². The van der Waals surface area contributed by atoms with Gasteiger partial charge in [-0.2, -0.15) is 0 Å². The van der Waals surface area contributed by atoms with Gasteiger partial charge in [0.2, 0.25) is 0 Å². The zero-order valence-electron chi connectivity index (χ0n) is 14.3. The summed E-state index contributed by atoms with van der Waals surface area (Å²) in [4.78, 5) is 11.1. The van der Waals surface area contributed by atoms with E-state index in [0.717, 1.165) is 50.3 Å². The number of benzene rings is 1. The lowest BCUT2D eigenvalue weighted by molar-refractivity contribution is -0.188. The van der Waals surface area contributed by atoms with Crippen LogP contribution in [0, 0.1) is 11.6 Å². The van der Waals surface area contributed by atoms with Gasteiger partial charge in [-0.15, -0.1) is 0 Å². The Bertz CT molecular complexity index is 650. The number of hydrogen-bond acceptors (Lipinski definition) is 4. The number of halogens is 2. The average molecular weight is 371 g/mol. The van der Waals surface area contributed by atoms with Gasteiger partial charge in [0.05, 0.1) is 18.8 Å². The van der Waals surface area contributed by atoms with Gasteiger partial charge in [0, 0.05) is 18.4 Å². The molecule has 1 aromatic carbocycles. The summed E-state index contributed by atoms with van der Waals surface area (Å²) < 4.78 is 39.2. The van der Waals surface area contributed by atoms with Crippen LogP contribution in [0.25, 0.3) is 0 Å². The predicted molar refractivity (Wildman–Crippen MR) is 87.5 cm³/mol. The van der Waals surface area contributed by atoms with Crippen molar-refractivity contribution >= 4 is 6.09 Å². The summed E-state index contributed by atoms with van der Waals surface area (Å²) >= 11 is 0. The molecule has 2 fully saturated rings. The van der Waals surface area contributed by atoms with Crippen molar-refractivity contribution in [3.8, 4) is 0 Å². The average Bonchev–Trinajstić information content (AvgIpc) is 2.98. The molecular formula is C18H23F2NO5. The van der Waals surface area contributed by atoms with Crippen molar-refractivity contribution in [1.29, 1.82) is 0 Å². The van der Waals surface area contributed by atoms with E-state index in [9.17, 15) is 18.7 Å². The summed E-state index contributed by atoms with van der Waals surface area (Å²) in [7, 11) is 0. The van der Waals surface area contributed by atoms with Crippen LogP contribution < -0.4 is 5.32 Å². The van der Waals surface area contributed by atoms with E-state index in [1.54, 1.807) is 0 Å². The minimum Gasteiger partial charge on any atom is -0.465 e. The Kier molecular flexibility index (Phi) is 5.74. The zero-order chi connectivity index (χ0) is 18.7. The van der Waals surface area contributed by atoms with Crippen molar-refractivity contribution in [3.63, 3.8) is 0 Å². The monoisotopic (exact) mass is 371 g/mol. The Morgan fingerprint density at radius 1 is 1.31 bits per heavy atom. The minimum absolute atomic E-state index is 0.0885. The van der Waals surface area contributed by atoms with Crippen molar-refractivity contribution in [2.75, 3.05) is 6.61 Å². The molecule has 26 heavy (non-hydrogen) atoms. The molecule has 1 saturated carbocycles. The van der Waals surface area contributed by atoms with Gasteiger partial charge < -0.3 is 25.0 Å². The molecule has 1 saturated heterocycles. The highest BCUT2D eigenvalue weighted by molar-refractivity contribution is 5.65. The van der Waals surface area contributed by atoms with E-state index in [4.69, 9.17) is 14.6 Å². The standard InChI is InChI=1S/C18H23F2NO5/c19-11-4-5-14(20)13(8-11)16(22)15(21-17(23)24)9-12-10-25-18(26-12)6-2-1-3-7-18/h4-5,8,12,15-16,21-22H,1-3,6-7,9-10H2,(H,23,24)/t12-,15-,16+/m0/s1. The van der Waals surface area contributed by atoms with Crippen LogP contribution in [0.3, 0.4) is 0 Å². The number of aliphatic hydroxyl groups excluding tert-OH is 1. The van der Waals surface area contributed by atoms with Gasteiger partial charge in [-0.3, -0.25) is 0 Å². The fraction of sp³-hybridized carbons (Fsp3) is 0.611.